The smallest absolute Gasteiger partial charge is 0.284 e. The molecule has 0 aromatic heterocycles. The Bertz CT molecular complexity index is 701. The Hall–Kier alpha value is -2.34. The number of ether oxygens (including phenoxy) is 2. The van der Waals surface area contributed by atoms with E-state index in [9.17, 15) is 4.79 Å². The van der Waals surface area contributed by atoms with Crippen LogP contribution in [0.3, 0.4) is 0 Å². The molecule has 1 N–H and O–H groups in total. The lowest BCUT2D eigenvalue weighted by Gasteiger charge is -2.24. The number of carbonyl (C=O) groups is 1. The molecule has 0 fully saturated rings. The van der Waals surface area contributed by atoms with Gasteiger partial charge in [-0.3, -0.25) is 4.79 Å². The van der Waals surface area contributed by atoms with E-state index in [1.54, 1.807) is 18.3 Å². The third kappa shape index (κ3) is 3.46. The number of benzene rings is 2. The molecule has 0 unspecified atom stereocenters. The average molecular weight is 361 g/mol. The first-order chi connectivity index (χ1) is 10.7. The fourth-order valence-electron chi connectivity index (χ4n) is 1.94. The van der Waals surface area contributed by atoms with Gasteiger partial charge in [0.25, 0.3) is 5.91 Å². The molecule has 1 amide bonds. The molecular formula is C16H13BrN2O3. The van der Waals surface area contributed by atoms with Gasteiger partial charge < -0.3 is 9.47 Å². The highest BCUT2D eigenvalue weighted by Crippen LogP contribution is 2.30. The monoisotopic (exact) mass is 360 g/mol. The first-order valence-corrected chi connectivity index (χ1v) is 7.48. The minimum Gasteiger partial charge on any atom is -0.485 e. The number of hydrazone groups is 1. The second-order valence-electron chi connectivity index (χ2n) is 4.65. The van der Waals surface area contributed by atoms with Crippen molar-refractivity contribution in [3.05, 3.63) is 58.6 Å². The molecule has 0 saturated heterocycles. The maximum atomic E-state index is 12.0. The number of fused-ring (bicyclic) bond motifs is 1. The van der Waals surface area contributed by atoms with Gasteiger partial charge in [-0.15, -0.1) is 0 Å². The first kappa shape index (κ1) is 14.6. The number of amides is 1. The Morgan fingerprint density at radius 1 is 1.18 bits per heavy atom. The van der Waals surface area contributed by atoms with E-state index in [0.29, 0.717) is 11.5 Å². The maximum Gasteiger partial charge on any atom is 0.284 e. The standard InChI is InChI=1S/C16H13BrN2O3/c17-12-7-5-11(6-8-12)9-18-19-16(20)15-10-21-13-3-1-2-4-14(13)22-15/h1-9,15H,10H2,(H,19,20)/t15-/m0/s1. The molecule has 0 aliphatic carbocycles. The quantitative estimate of drug-likeness (QED) is 0.676. The molecule has 22 heavy (non-hydrogen) atoms. The van der Waals surface area contributed by atoms with Gasteiger partial charge in [0.2, 0.25) is 6.10 Å². The van der Waals surface area contributed by atoms with Gasteiger partial charge in [-0.25, -0.2) is 5.43 Å². The summed E-state index contributed by atoms with van der Waals surface area (Å²) in [5.41, 5.74) is 3.34. The normalized spacial score (nSPS) is 16.5. The second kappa shape index (κ2) is 6.62. The van der Waals surface area contributed by atoms with Crippen molar-refractivity contribution >= 4 is 28.1 Å². The van der Waals surface area contributed by atoms with Gasteiger partial charge in [0.05, 0.1) is 6.21 Å². The Balaban J connectivity index is 1.58. The zero-order chi connectivity index (χ0) is 15.4. The van der Waals surface area contributed by atoms with Gasteiger partial charge in [0.1, 0.15) is 6.61 Å². The van der Waals surface area contributed by atoms with Gasteiger partial charge in [0.15, 0.2) is 11.5 Å². The molecule has 1 aliphatic rings. The summed E-state index contributed by atoms with van der Waals surface area (Å²) in [6.07, 6.45) is 0.860. The number of hydrogen-bond acceptors (Lipinski definition) is 4. The number of nitrogens with zero attached hydrogens (tertiary/aromatic N) is 1. The lowest BCUT2D eigenvalue weighted by Crippen LogP contribution is -2.42. The van der Waals surface area contributed by atoms with Crippen LogP contribution in [0.25, 0.3) is 0 Å². The van der Waals surface area contributed by atoms with E-state index in [1.165, 1.54) is 0 Å². The Kier molecular flexibility index (Phi) is 4.39. The van der Waals surface area contributed by atoms with Crippen LogP contribution in [0.2, 0.25) is 0 Å². The van der Waals surface area contributed by atoms with Crippen molar-refractivity contribution in [1.29, 1.82) is 0 Å². The first-order valence-electron chi connectivity index (χ1n) is 6.69. The van der Waals surface area contributed by atoms with Crippen molar-refractivity contribution in [2.75, 3.05) is 6.61 Å². The molecule has 2 aromatic rings. The molecule has 5 nitrogen and oxygen atoms in total. The lowest BCUT2D eigenvalue weighted by atomic mass is 10.2. The topological polar surface area (TPSA) is 59.9 Å². The highest BCUT2D eigenvalue weighted by atomic mass is 79.9. The lowest BCUT2D eigenvalue weighted by molar-refractivity contribution is -0.130. The Morgan fingerprint density at radius 2 is 1.91 bits per heavy atom. The molecule has 0 saturated carbocycles. The van der Waals surface area contributed by atoms with E-state index in [-0.39, 0.29) is 12.5 Å². The van der Waals surface area contributed by atoms with Crippen LogP contribution in [0.5, 0.6) is 11.5 Å². The number of rotatable bonds is 3. The van der Waals surface area contributed by atoms with E-state index >= 15 is 0 Å². The highest BCUT2D eigenvalue weighted by molar-refractivity contribution is 9.10. The van der Waals surface area contributed by atoms with Gasteiger partial charge in [0, 0.05) is 4.47 Å². The molecule has 1 aliphatic heterocycles. The summed E-state index contributed by atoms with van der Waals surface area (Å²) >= 11 is 3.36. The van der Waals surface area contributed by atoms with Crippen LogP contribution in [0.1, 0.15) is 5.56 Å². The summed E-state index contributed by atoms with van der Waals surface area (Å²) in [7, 11) is 0. The third-order valence-electron chi connectivity index (χ3n) is 3.06. The molecule has 0 spiro atoms. The predicted molar refractivity (Wildman–Crippen MR) is 86.2 cm³/mol. The van der Waals surface area contributed by atoms with Crippen LogP contribution in [0, 0.1) is 0 Å². The molecule has 0 radical (unpaired) electrons. The Morgan fingerprint density at radius 3 is 2.68 bits per heavy atom. The number of halogens is 1. The Labute approximate surface area is 136 Å². The number of nitrogens with one attached hydrogen (secondary N) is 1. The van der Waals surface area contributed by atoms with Crippen molar-refractivity contribution in [2.24, 2.45) is 5.10 Å². The SMILES string of the molecule is O=C(NN=Cc1ccc(Br)cc1)[C@@H]1COc2ccccc2O1. The van der Waals surface area contributed by atoms with Crippen molar-refractivity contribution in [1.82, 2.24) is 5.43 Å². The summed E-state index contributed by atoms with van der Waals surface area (Å²) in [6, 6.07) is 14.8. The molecule has 6 heteroatoms. The summed E-state index contributed by atoms with van der Waals surface area (Å²) < 4.78 is 12.1. The van der Waals surface area contributed by atoms with Gasteiger partial charge in [-0.05, 0) is 29.8 Å². The molecule has 1 heterocycles. The zero-order valence-corrected chi connectivity index (χ0v) is 13.1. The van der Waals surface area contributed by atoms with Crippen LogP contribution < -0.4 is 14.9 Å². The zero-order valence-electron chi connectivity index (χ0n) is 11.5. The van der Waals surface area contributed by atoms with Crippen LogP contribution in [0.4, 0.5) is 0 Å². The van der Waals surface area contributed by atoms with E-state index in [4.69, 9.17) is 9.47 Å². The summed E-state index contributed by atoms with van der Waals surface area (Å²) in [4.78, 5) is 12.0. The van der Waals surface area contributed by atoms with Crippen molar-refractivity contribution in [2.45, 2.75) is 6.10 Å². The van der Waals surface area contributed by atoms with Crippen molar-refractivity contribution in [3.8, 4) is 11.5 Å². The van der Waals surface area contributed by atoms with Crippen molar-refractivity contribution < 1.29 is 14.3 Å². The highest BCUT2D eigenvalue weighted by Gasteiger charge is 2.26. The number of carbonyl (C=O) groups excluding carboxylic acids is 1. The average Bonchev–Trinajstić information content (AvgIpc) is 2.56. The van der Waals surface area contributed by atoms with Crippen LogP contribution in [0.15, 0.2) is 58.1 Å². The number of hydrogen-bond donors (Lipinski definition) is 1. The van der Waals surface area contributed by atoms with E-state index in [1.807, 2.05) is 36.4 Å². The number of para-hydroxylation sites is 2. The fourth-order valence-corrected chi connectivity index (χ4v) is 2.20. The predicted octanol–water partition coefficient (Wildman–Crippen LogP) is 2.74. The second-order valence-corrected chi connectivity index (χ2v) is 5.57. The fraction of sp³-hybridized carbons (Fsp3) is 0.125. The van der Waals surface area contributed by atoms with E-state index in [2.05, 4.69) is 26.5 Å². The molecule has 112 valence electrons. The van der Waals surface area contributed by atoms with Crippen LogP contribution in [-0.2, 0) is 4.79 Å². The summed E-state index contributed by atoms with van der Waals surface area (Å²) in [6.45, 7) is 0.163. The molecule has 3 rings (SSSR count). The maximum absolute atomic E-state index is 12.0. The van der Waals surface area contributed by atoms with Gasteiger partial charge in [-0.1, -0.05) is 40.2 Å². The van der Waals surface area contributed by atoms with Crippen LogP contribution >= 0.6 is 15.9 Å². The van der Waals surface area contributed by atoms with Gasteiger partial charge in [-0.2, -0.15) is 5.10 Å². The minimum absolute atomic E-state index is 0.163. The van der Waals surface area contributed by atoms with E-state index < -0.39 is 6.10 Å². The van der Waals surface area contributed by atoms with E-state index in [0.717, 1.165) is 10.0 Å². The largest absolute Gasteiger partial charge is 0.485 e. The third-order valence-corrected chi connectivity index (χ3v) is 3.59. The molecule has 2 aromatic carbocycles. The molecule has 0 bridgehead atoms. The van der Waals surface area contributed by atoms with Gasteiger partial charge >= 0.3 is 0 Å². The van der Waals surface area contributed by atoms with Crippen molar-refractivity contribution in [3.63, 3.8) is 0 Å². The van der Waals surface area contributed by atoms with Crippen LogP contribution in [-0.4, -0.2) is 24.8 Å². The summed E-state index contributed by atoms with van der Waals surface area (Å²) in [5.74, 6) is 0.860. The molecule has 1 atom stereocenters. The molecular weight excluding hydrogens is 348 g/mol. The minimum atomic E-state index is -0.711. The summed E-state index contributed by atoms with van der Waals surface area (Å²) in [5, 5.41) is 3.93.